The van der Waals surface area contributed by atoms with Gasteiger partial charge in [-0.1, -0.05) is 54.4 Å². The number of sulfonamides is 1. The lowest BCUT2D eigenvalue weighted by Crippen LogP contribution is -2.38. The third-order valence-electron chi connectivity index (χ3n) is 4.75. The van der Waals surface area contributed by atoms with E-state index in [-0.39, 0.29) is 10.6 Å². The summed E-state index contributed by atoms with van der Waals surface area (Å²) in [5, 5.41) is 0. The van der Waals surface area contributed by atoms with E-state index in [1.807, 2.05) is 57.2 Å². The summed E-state index contributed by atoms with van der Waals surface area (Å²) in [7, 11) is -4.03. The third kappa shape index (κ3) is 5.12. The molecule has 0 aliphatic rings. The normalized spacial score (nSPS) is 11.3. The van der Waals surface area contributed by atoms with Crippen LogP contribution in [0.4, 0.5) is 5.69 Å². The molecule has 156 valence electrons. The van der Waals surface area contributed by atoms with Crippen LogP contribution in [-0.2, 0) is 21.2 Å². The average Bonchev–Trinajstić information content (AvgIpc) is 2.74. The highest BCUT2D eigenvalue weighted by molar-refractivity contribution is 8.00. The molecule has 0 saturated heterocycles. The quantitative estimate of drug-likeness (QED) is 0.464. The summed E-state index contributed by atoms with van der Waals surface area (Å²) in [6.07, 6.45) is 0.836. The van der Waals surface area contributed by atoms with Crippen molar-refractivity contribution in [1.29, 1.82) is 0 Å². The van der Waals surface area contributed by atoms with E-state index in [0.29, 0.717) is 5.69 Å². The van der Waals surface area contributed by atoms with Gasteiger partial charge in [0, 0.05) is 4.90 Å². The van der Waals surface area contributed by atoms with Crippen molar-refractivity contribution in [3.63, 3.8) is 0 Å². The minimum Gasteiger partial charge on any atom is -0.272 e. The first-order chi connectivity index (χ1) is 14.3. The van der Waals surface area contributed by atoms with Gasteiger partial charge in [0.05, 0.1) is 16.3 Å². The predicted octanol–water partition coefficient (Wildman–Crippen LogP) is 5.38. The zero-order chi connectivity index (χ0) is 21.7. The summed E-state index contributed by atoms with van der Waals surface area (Å²) < 4.78 is 27.7. The van der Waals surface area contributed by atoms with Crippen molar-refractivity contribution in [1.82, 2.24) is 0 Å². The van der Waals surface area contributed by atoms with Crippen LogP contribution in [0.2, 0.25) is 0 Å². The number of thioether (sulfide) groups is 1. The van der Waals surface area contributed by atoms with Crippen LogP contribution in [0, 0.1) is 13.8 Å². The average molecular weight is 440 g/mol. The van der Waals surface area contributed by atoms with Gasteiger partial charge in [-0.15, -0.1) is 11.8 Å². The molecule has 3 rings (SSSR count). The molecular weight excluding hydrogens is 414 g/mol. The Hall–Kier alpha value is -2.57. The minimum atomic E-state index is -4.03. The van der Waals surface area contributed by atoms with Crippen molar-refractivity contribution in [3.8, 4) is 0 Å². The van der Waals surface area contributed by atoms with E-state index in [2.05, 4.69) is 0 Å². The second-order valence-corrected chi connectivity index (χ2v) is 9.93. The Kier molecular flexibility index (Phi) is 7.00. The molecule has 4 nitrogen and oxygen atoms in total. The van der Waals surface area contributed by atoms with E-state index < -0.39 is 15.9 Å². The molecule has 3 aromatic carbocycles. The minimum absolute atomic E-state index is 0.0175. The molecule has 0 spiro atoms. The number of aryl methyl sites for hydroxylation is 3. The van der Waals surface area contributed by atoms with Crippen molar-refractivity contribution in [2.24, 2.45) is 0 Å². The number of carbonyl (C=O) groups excluding carboxylic acids is 1. The van der Waals surface area contributed by atoms with Gasteiger partial charge in [0.25, 0.3) is 15.9 Å². The Morgan fingerprint density at radius 2 is 1.37 bits per heavy atom. The van der Waals surface area contributed by atoms with Gasteiger partial charge in [-0.25, -0.2) is 12.7 Å². The number of carbonyl (C=O) groups is 1. The number of hydrogen-bond donors (Lipinski definition) is 0. The number of amides is 1. The lowest BCUT2D eigenvalue weighted by atomic mass is 10.1. The summed E-state index contributed by atoms with van der Waals surface area (Å²) in [6.45, 7) is 5.91. The molecule has 0 bridgehead atoms. The van der Waals surface area contributed by atoms with Gasteiger partial charge in [0.2, 0.25) is 0 Å². The van der Waals surface area contributed by atoms with Crippen molar-refractivity contribution in [3.05, 3.63) is 89.5 Å². The summed E-state index contributed by atoms with van der Waals surface area (Å²) >= 11 is 1.33. The molecule has 0 saturated carbocycles. The maximum atomic E-state index is 13.4. The Bertz CT molecular complexity index is 1100. The van der Waals surface area contributed by atoms with E-state index in [4.69, 9.17) is 0 Å². The second kappa shape index (κ2) is 9.49. The molecule has 0 N–H and O–H groups in total. The third-order valence-corrected chi connectivity index (χ3v) is 7.51. The molecule has 0 aromatic heterocycles. The summed E-state index contributed by atoms with van der Waals surface area (Å²) in [4.78, 5) is 14.2. The van der Waals surface area contributed by atoms with Crippen molar-refractivity contribution in [2.75, 3.05) is 10.1 Å². The van der Waals surface area contributed by atoms with Gasteiger partial charge >= 0.3 is 0 Å². The largest absolute Gasteiger partial charge is 0.272 e. The predicted molar refractivity (Wildman–Crippen MR) is 124 cm³/mol. The van der Waals surface area contributed by atoms with Crippen molar-refractivity contribution in [2.45, 2.75) is 37.0 Å². The molecule has 0 atom stereocenters. The fourth-order valence-electron chi connectivity index (χ4n) is 2.94. The van der Waals surface area contributed by atoms with Gasteiger partial charge < -0.3 is 0 Å². The smallest absolute Gasteiger partial charge is 0.270 e. The zero-order valence-corrected chi connectivity index (χ0v) is 19.0. The molecule has 6 heteroatoms. The van der Waals surface area contributed by atoms with Crippen LogP contribution in [0.25, 0.3) is 0 Å². The lowest BCUT2D eigenvalue weighted by Gasteiger charge is -2.23. The molecule has 0 aliphatic carbocycles. The maximum Gasteiger partial charge on any atom is 0.270 e. The van der Waals surface area contributed by atoms with Crippen LogP contribution in [0.15, 0.2) is 82.6 Å². The molecule has 0 aliphatic heterocycles. The monoisotopic (exact) mass is 439 g/mol. The van der Waals surface area contributed by atoms with E-state index in [1.54, 1.807) is 36.4 Å². The number of hydrogen-bond acceptors (Lipinski definition) is 4. The fraction of sp³-hybridized carbons (Fsp3) is 0.208. The number of rotatable bonds is 7. The van der Waals surface area contributed by atoms with Gasteiger partial charge in [-0.05, 0) is 62.2 Å². The molecule has 0 radical (unpaired) electrons. The highest BCUT2D eigenvalue weighted by Gasteiger charge is 2.30. The molecule has 0 unspecified atom stereocenters. The SMILES string of the molecule is CCc1ccc(N(C(=O)CSc2ccc(C)cc2)S(=O)(=O)c2ccc(C)cc2)cc1. The first-order valence-corrected chi connectivity index (χ1v) is 12.2. The van der Waals surface area contributed by atoms with E-state index in [9.17, 15) is 13.2 Å². The molecule has 30 heavy (non-hydrogen) atoms. The van der Waals surface area contributed by atoms with E-state index >= 15 is 0 Å². The second-order valence-electron chi connectivity index (χ2n) is 7.10. The standard InChI is InChI=1S/C24H25NO3S2/c1-4-20-9-11-21(12-10-20)25(30(27,28)23-15-7-19(3)8-16-23)24(26)17-29-22-13-5-18(2)6-14-22/h5-16H,4,17H2,1-3H3. The molecule has 0 fully saturated rings. The van der Waals surface area contributed by atoms with Crippen LogP contribution in [-0.4, -0.2) is 20.1 Å². The maximum absolute atomic E-state index is 13.4. The van der Waals surface area contributed by atoms with Gasteiger partial charge in [-0.3, -0.25) is 4.79 Å². The zero-order valence-electron chi connectivity index (χ0n) is 17.3. The van der Waals surface area contributed by atoms with Gasteiger partial charge in [0.15, 0.2) is 0 Å². The van der Waals surface area contributed by atoms with Crippen LogP contribution < -0.4 is 4.31 Å². The van der Waals surface area contributed by atoms with Crippen molar-refractivity contribution < 1.29 is 13.2 Å². The van der Waals surface area contributed by atoms with Crippen LogP contribution in [0.1, 0.15) is 23.6 Å². The van der Waals surface area contributed by atoms with Gasteiger partial charge in [-0.2, -0.15) is 0 Å². The Balaban J connectivity index is 1.94. The van der Waals surface area contributed by atoms with Crippen LogP contribution in [0.5, 0.6) is 0 Å². The van der Waals surface area contributed by atoms with E-state index in [0.717, 1.165) is 32.3 Å². The number of nitrogens with zero attached hydrogens (tertiary/aromatic N) is 1. The molecular formula is C24H25NO3S2. The first-order valence-electron chi connectivity index (χ1n) is 9.74. The lowest BCUT2D eigenvalue weighted by molar-refractivity contribution is -0.115. The Labute approximate surface area is 183 Å². The summed E-state index contributed by atoms with van der Waals surface area (Å²) in [5.41, 5.74) is 3.51. The van der Waals surface area contributed by atoms with Crippen molar-refractivity contribution >= 4 is 33.4 Å². The summed E-state index contributed by atoms with van der Waals surface area (Å²) in [5.74, 6) is -0.464. The topological polar surface area (TPSA) is 54.5 Å². The number of anilines is 1. The van der Waals surface area contributed by atoms with Crippen LogP contribution in [0.3, 0.4) is 0 Å². The van der Waals surface area contributed by atoms with E-state index in [1.165, 1.54) is 11.8 Å². The summed E-state index contributed by atoms with van der Waals surface area (Å²) in [6, 6.07) is 21.4. The molecule has 3 aromatic rings. The number of benzene rings is 3. The molecule has 1 amide bonds. The molecule has 0 heterocycles. The Morgan fingerprint density at radius 1 is 0.833 bits per heavy atom. The Morgan fingerprint density at radius 3 is 1.90 bits per heavy atom. The van der Waals surface area contributed by atoms with Crippen LogP contribution >= 0.6 is 11.8 Å². The highest BCUT2D eigenvalue weighted by Crippen LogP contribution is 2.27. The van der Waals surface area contributed by atoms with Gasteiger partial charge in [0.1, 0.15) is 0 Å². The fourth-order valence-corrected chi connectivity index (χ4v) is 5.19. The highest BCUT2D eigenvalue weighted by atomic mass is 32.2. The first kappa shape index (κ1) is 22.1.